The summed E-state index contributed by atoms with van der Waals surface area (Å²) in [5, 5.41) is 3.80. The van der Waals surface area contributed by atoms with E-state index in [0.29, 0.717) is 17.1 Å². The van der Waals surface area contributed by atoms with Crippen molar-refractivity contribution in [1.82, 2.24) is 4.98 Å². The van der Waals surface area contributed by atoms with Crippen LogP contribution in [0.4, 0.5) is 0 Å². The van der Waals surface area contributed by atoms with Gasteiger partial charge in [-0.1, -0.05) is 17.1 Å². The average molecular weight is 266 g/mol. The van der Waals surface area contributed by atoms with Crippen molar-refractivity contribution in [1.29, 1.82) is 0 Å². The van der Waals surface area contributed by atoms with E-state index in [1.165, 1.54) is 13.4 Å². The molecule has 0 aliphatic heterocycles. The van der Waals surface area contributed by atoms with E-state index in [2.05, 4.69) is 26.8 Å². The minimum Gasteiger partial charge on any atom is -0.399 e. The number of oxime groups is 1. The summed E-state index contributed by atoms with van der Waals surface area (Å²) in [4.78, 5) is 8.97. The minimum absolute atomic E-state index is 0.111. The molecule has 1 heterocycles. The summed E-state index contributed by atoms with van der Waals surface area (Å²) in [6, 6.07) is 5.43. The van der Waals surface area contributed by atoms with E-state index in [0.717, 1.165) is 0 Å². The van der Waals surface area contributed by atoms with Crippen molar-refractivity contribution in [2.75, 3.05) is 20.0 Å². The molecule has 1 aromatic heterocycles. The third-order valence-electron chi connectivity index (χ3n) is 1.86. The van der Waals surface area contributed by atoms with Gasteiger partial charge in [0.25, 0.3) is 0 Å². The van der Waals surface area contributed by atoms with Crippen molar-refractivity contribution in [2.45, 2.75) is 6.92 Å². The highest BCUT2D eigenvalue weighted by Crippen LogP contribution is 2.00. The van der Waals surface area contributed by atoms with Crippen LogP contribution in [0.1, 0.15) is 18.3 Å². The van der Waals surface area contributed by atoms with Crippen LogP contribution in [-0.4, -0.2) is 34.9 Å². The van der Waals surface area contributed by atoms with Crippen LogP contribution in [0.2, 0.25) is 0 Å². The van der Waals surface area contributed by atoms with Gasteiger partial charge < -0.3 is 4.84 Å². The van der Waals surface area contributed by atoms with Gasteiger partial charge in [0.1, 0.15) is 25.1 Å². The highest BCUT2D eigenvalue weighted by atomic mass is 32.2. The van der Waals surface area contributed by atoms with Crippen molar-refractivity contribution in [3.05, 3.63) is 29.6 Å². The second-order valence-corrected chi connectivity index (χ2v) is 4.27. The van der Waals surface area contributed by atoms with Crippen LogP contribution >= 0.6 is 0 Å². The molecule has 0 aliphatic rings. The molecule has 0 fully saturated rings. The highest BCUT2D eigenvalue weighted by molar-refractivity contribution is 7.79. The summed E-state index contributed by atoms with van der Waals surface area (Å²) in [5.74, 6) is 5.55. The fourth-order valence-electron chi connectivity index (χ4n) is 1.13. The van der Waals surface area contributed by atoms with Crippen molar-refractivity contribution >= 4 is 16.8 Å². The molecule has 0 spiro atoms. The molecule has 1 rings (SSSR count). The van der Waals surface area contributed by atoms with Gasteiger partial charge in [0.2, 0.25) is 0 Å². The van der Waals surface area contributed by atoms with E-state index >= 15 is 0 Å². The highest BCUT2D eigenvalue weighted by Gasteiger charge is 1.99. The third-order valence-corrected chi connectivity index (χ3v) is 2.31. The first-order valence-corrected chi connectivity index (χ1v) is 6.62. The lowest BCUT2D eigenvalue weighted by molar-refractivity contribution is 0.213. The van der Waals surface area contributed by atoms with Gasteiger partial charge in [0.05, 0.1) is 5.69 Å². The Balaban J connectivity index is 2.76. The Morgan fingerprint density at radius 3 is 3.00 bits per heavy atom. The first kappa shape index (κ1) is 14.4. The fourth-order valence-corrected chi connectivity index (χ4v) is 1.35. The number of hydrogen-bond donors (Lipinski definition) is 0. The molecule has 0 aliphatic carbocycles. The number of hydrogen-bond acceptors (Lipinski definition) is 5. The Kier molecular flexibility index (Phi) is 6.05. The Labute approximate surface area is 109 Å². The Hall–Kier alpha value is -1.71. The van der Waals surface area contributed by atoms with Crippen LogP contribution in [0, 0.1) is 11.8 Å². The van der Waals surface area contributed by atoms with Gasteiger partial charge >= 0.3 is 0 Å². The fraction of sp³-hybridized carbons (Fsp3) is 0.333. The molecule has 1 aromatic rings. The van der Waals surface area contributed by atoms with E-state index in [9.17, 15) is 4.21 Å². The number of pyridine rings is 1. The van der Waals surface area contributed by atoms with E-state index in [1.807, 2.05) is 12.1 Å². The lowest BCUT2D eigenvalue weighted by Crippen LogP contribution is -2.00. The second-order valence-electron chi connectivity index (χ2n) is 3.23. The first-order valence-electron chi connectivity index (χ1n) is 5.14. The summed E-state index contributed by atoms with van der Waals surface area (Å²) < 4.78 is 15.5. The number of aromatic nitrogens is 1. The normalized spacial score (nSPS) is 12.5. The van der Waals surface area contributed by atoms with Crippen LogP contribution in [-0.2, 0) is 20.1 Å². The Morgan fingerprint density at radius 2 is 2.33 bits per heavy atom. The molecule has 0 saturated carbocycles. The van der Waals surface area contributed by atoms with Gasteiger partial charge in [-0.25, -0.2) is 9.19 Å². The molecule has 0 amide bonds. The van der Waals surface area contributed by atoms with E-state index in [4.69, 9.17) is 4.18 Å². The van der Waals surface area contributed by atoms with Gasteiger partial charge in [0.15, 0.2) is 11.1 Å². The second kappa shape index (κ2) is 7.58. The summed E-state index contributed by atoms with van der Waals surface area (Å²) in [6.07, 6.45) is 1.45. The molecular formula is C12H14N2O3S. The number of nitrogens with zero attached hydrogens (tertiary/aromatic N) is 2. The summed E-state index contributed by atoms with van der Waals surface area (Å²) >= 11 is -1.30. The van der Waals surface area contributed by atoms with E-state index in [1.54, 1.807) is 13.0 Å². The molecule has 0 radical (unpaired) electrons. The topological polar surface area (TPSA) is 60.8 Å². The van der Waals surface area contributed by atoms with Crippen molar-refractivity contribution in [3.63, 3.8) is 0 Å². The Morgan fingerprint density at radius 1 is 1.56 bits per heavy atom. The maximum absolute atomic E-state index is 10.6. The predicted molar refractivity (Wildman–Crippen MR) is 70.4 cm³/mol. The van der Waals surface area contributed by atoms with Gasteiger partial charge in [0, 0.05) is 6.26 Å². The summed E-state index contributed by atoms with van der Waals surface area (Å²) in [7, 11) is 1.48. The molecule has 1 unspecified atom stereocenters. The molecule has 96 valence electrons. The van der Waals surface area contributed by atoms with Crippen LogP contribution < -0.4 is 0 Å². The van der Waals surface area contributed by atoms with Crippen LogP contribution in [0.25, 0.3) is 0 Å². The monoisotopic (exact) mass is 266 g/mol. The van der Waals surface area contributed by atoms with Crippen molar-refractivity contribution in [2.24, 2.45) is 5.16 Å². The minimum atomic E-state index is -1.30. The van der Waals surface area contributed by atoms with Crippen molar-refractivity contribution in [3.8, 4) is 11.8 Å². The maximum Gasteiger partial charge on any atom is 0.153 e. The smallest absolute Gasteiger partial charge is 0.153 e. The standard InChI is InChI=1S/C12H14N2O3S/c1-10(14-16-2)12-8-4-6-11(13-12)7-5-9-17-18(3)15/h4,6,8H,9H2,1-3H3/b14-10+. The molecule has 0 aromatic carbocycles. The molecule has 1 atom stereocenters. The number of rotatable bonds is 4. The van der Waals surface area contributed by atoms with Gasteiger partial charge in [-0.05, 0) is 25.0 Å². The predicted octanol–water partition coefficient (Wildman–Crippen LogP) is 1.11. The van der Waals surface area contributed by atoms with Gasteiger partial charge in [-0.15, -0.1) is 0 Å². The molecule has 0 saturated heterocycles. The van der Waals surface area contributed by atoms with Gasteiger partial charge in [-0.2, -0.15) is 0 Å². The molecule has 0 N–H and O–H groups in total. The molecule has 5 nitrogen and oxygen atoms in total. The zero-order valence-corrected chi connectivity index (χ0v) is 11.3. The molecular weight excluding hydrogens is 252 g/mol. The zero-order valence-electron chi connectivity index (χ0n) is 10.5. The average Bonchev–Trinajstić information content (AvgIpc) is 2.35. The maximum atomic E-state index is 10.6. The summed E-state index contributed by atoms with van der Waals surface area (Å²) in [5.41, 5.74) is 1.97. The molecule has 0 bridgehead atoms. The SMILES string of the molecule is CO/N=C(\C)c1cccc(C#CCOS(C)=O)n1. The van der Waals surface area contributed by atoms with Crippen LogP contribution in [0.5, 0.6) is 0 Å². The van der Waals surface area contributed by atoms with Crippen LogP contribution in [0.3, 0.4) is 0 Å². The van der Waals surface area contributed by atoms with Gasteiger partial charge in [-0.3, -0.25) is 4.18 Å². The lowest BCUT2D eigenvalue weighted by Gasteiger charge is -1.99. The Bertz CT molecular complexity index is 518. The van der Waals surface area contributed by atoms with E-state index in [-0.39, 0.29) is 6.61 Å². The quantitative estimate of drug-likeness (QED) is 0.465. The third kappa shape index (κ3) is 5.08. The first-order chi connectivity index (χ1) is 8.63. The largest absolute Gasteiger partial charge is 0.399 e. The lowest BCUT2D eigenvalue weighted by atomic mass is 10.2. The van der Waals surface area contributed by atoms with Crippen molar-refractivity contribution < 1.29 is 13.2 Å². The molecule has 18 heavy (non-hydrogen) atoms. The van der Waals surface area contributed by atoms with E-state index < -0.39 is 11.1 Å². The zero-order chi connectivity index (χ0) is 13.4. The van der Waals surface area contributed by atoms with Crippen LogP contribution in [0.15, 0.2) is 23.4 Å². The summed E-state index contributed by atoms with van der Waals surface area (Å²) in [6.45, 7) is 1.91. The molecule has 6 heteroatoms.